The van der Waals surface area contributed by atoms with E-state index >= 15 is 0 Å². The number of anilines is 2. The fourth-order valence-corrected chi connectivity index (χ4v) is 3.42. The van der Waals surface area contributed by atoms with Gasteiger partial charge in [-0.25, -0.2) is 9.97 Å². The molecule has 0 saturated heterocycles. The third-order valence-electron chi connectivity index (χ3n) is 4.31. The Kier molecular flexibility index (Phi) is 5.84. The van der Waals surface area contributed by atoms with Crippen LogP contribution in [0.4, 0.5) is 11.6 Å². The van der Waals surface area contributed by atoms with Crippen molar-refractivity contribution < 1.29 is 9.84 Å². The Balaban J connectivity index is 1.64. The zero-order valence-electron chi connectivity index (χ0n) is 15.7. The van der Waals surface area contributed by atoms with Gasteiger partial charge in [0.1, 0.15) is 18.4 Å². The molecule has 4 rings (SSSR count). The maximum atomic E-state index is 9.61. The first kappa shape index (κ1) is 19.8. The van der Waals surface area contributed by atoms with E-state index in [9.17, 15) is 5.26 Å². The minimum Gasteiger partial charge on any atom is -0.491 e. The number of aliphatic hydroxyl groups is 1. The normalized spacial score (nSPS) is 10.6. The van der Waals surface area contributed by atoms with E-state index in [1.165, 1.54) is 0 Å². The lowest BCUT2D eigenvalue weighted by atomic mass is 10.0. The Morgan fingerprint density at radius 3 is 2.60 bits per heavy atom. The van der Waals surface area contributed by atoms with E-state index in [-0.39, 0.29) is 13.2 Å². The third kappa shape index (κ3) is 4.22. The summed E-state index contributed by atoms with van der Waals surface area (Å²) in [5.74, 6) is 1.03. The van der Waals surface area contributed by atoms with Crippen molar-refractivity contribution in [2.45, 2.75) is 0 Å². The summed E-state index contributed by atoms with van der Waals surface area (Å²) in [6, 6.07) is 18.9. The van der Waals surface area contributed by atoms with E-state index in [4.69, 9.17) is 9.84 Å². The van der Waals surface area contributed by atoms with Crippen molar-refractivity contribution in [2.75, 3.05) is 18.5 Å². The van der Waals surface area contributed by atoms with Gasteiger partial charge in [0, 0.05) is 27.3 Å². The minimum absolute atomic E-state index is 0.0362. The first-order chi connectivity index (χ1) is 14.7. The standard InChI is InChI=1S/C22H16BrN5O2/c23-19-4-2-1-3-17(19)18-11-14-13-25-22(28-21(14)27-20(18)12-24)26-15-5-7-16(8-6-15)30-10-9-29/h1-8,11,13,29H,9-10H2,(H,25,26,27,28). The molecule has 2 N–H and O–H groups in total. The van der Waals surface area contributed by atoms with Gasteiger partial charge in [-0.2, -0.15) is 10.2 Å². The number of rotatable bonds is 6. The van der Waals surface area contributed by atoms with Crippen LogP contribution >= 0.6 is 15.9 Å². The number of benzene rings is 2. The first-order valence-corrected chi connectivity index (χ1v) is 9.91. The van der Waals surface area contributed by atoms with Crippen LogP contribution in [-0.2, 0) is 0 Å². The lowest BCUT2D eigenvalue weighted by Crippen LogP contribution is -2.02. The van der Waals surface area contributed by atoms with Crippen molar-refractivity contribution >= 4 is 38.6 Å². The molecule has 4 aromatic rings. The fourth-order valence-electron chi connectivity index (χ4n) is 2.92. The highest BCUT2D eigenvalue weighted by molar-refractivity contribution is 9.10. The number of fused-ring (bicyclic) bond motifs is 1. The predicted octanol–water partition coefficient (Wildman–Crippen LogP) is 4.44. The molecule has 0 bridgehead atoms. The zero-order valence-corrected chi connectivity index (χ0v) is 17.3. The molecule has 0 spiro atoms. The Morgan fingerprint density at radius 1 is 1.07 bits per heavy atom. The van der Waals surface area contributed by atoms with Crippen molar-refractivity contribution in [1.29, 1.82) is 5.26 Å². The largest absolute Gasteiger partial charge is 0.491 e. The van der Waals surface area contributed by atoms with E-state index in [0.717, 1.165) is 26.7 Å². The molecule has 2 aromatic heterocycles. The second kappa shape index (κ2) is 8.86. The number of hydrogen-bond donors (Lipinski definition) is 2. The number of hydrogen-bond acceptors (Lipinski definition) is 7. The number of nitrogens with one attached hydrogen (secondary N) is 1. The molecule has 148 valence electrons. The van der Waals surface area contributed by atoms with Gasteiger partial charge in [0.05, 0.1) is 6.61 Å². The summed E-state index contributed by atoms with van der Waals surface area (Å²) in [6.07, 6.45) is 1.68. The molecule has 0 amide bonds. The van der Waals surface area contributed by atoms with Crippen molar-refractivity contribution in [3.05, 3.63) is 71.0 Å². The smallest absolute Gasteiger partial charge is 0.229 e. The van der Waals surface area contributed by atoms with Crippen LogP contribution in [0.25, 0.3) is 22.2 Å². The number of pyridine rings is 1. The van der Waals surface area contributed by atoms with Crippen molar-refractivity contribution in [3.63, 3.8) is 0 Å². The van der Waals surface area contributed by atoms with Crippen LogP contribution in [0.1, 0.15) is 5.69 Å². The molecular weight excluding hydrogens is 446 g/mol. The molecule has 0 unspecified atom stereocenters. The summed E-state index contributed by atoms with van der Waals surface area (Å²) in [7, 11) is 0. The van der Waals surface area contributed by atoms with Gasteiger partial charge in [0.15, 0.2) is 11.3 Å². The molecule has 0 aliphatic heterocycles. The maximum Gasteiger partial charge on any atom is 0.229 e. The van der Waals surface area contributed by atoms with E-state index < -0.39 is 0 Å². The van der Waals surface area contributed by atoms with E-state index in [1.54, 1.807) is 18.3 Å². The summed E-state index contributed by atoms with van der Waals surface area (Å²) < 4.78 is 6.23. The Labute approximate surface area is 181 Å². The highest BCUT2D eigenvalue weighted by Crippen LogP contribution is 2.31. The molecule has 0 aliphatic rings. The summed E-state index contributed by atoms with van der Waals surface area (Å²) in [5.41, 5.74) is 3.11. The van der Waals surface area contributed by atoms with Gasteiger partial charge in [0.25, 0.3) is 0 Å². The Morgan fingerprint density at radius 2 is 1.87 bits per heavy atom. The second-order valence-corrected chi connectivity index (χ2v) is 7.16. The summed E-state index contributed by atoms with van der Waals surface area (Å²) >= 11 is 3.53. The molecule has 2 aromatic carbocycles. The Bertz CT molecular complexity index is 1240. The van der Waals surface area contributed by atoms with Gasteiger partial charge in [-0.3, -0.25) is 0 Å². The SMILES string of the molecule is N#Cc1nc2nc(Nc3ccc(OCCO)cc3)ncc2cc1-c1ccccc1Br. The summed E-state index contributed by atoms with van der Waals surface area (Å²) in [5, 5.41) is 22.3. The van der Waals surface area contributed by atoms with Crippen LogP contribution in [0.5, 0.6) is 5.75 Å². The summed E-state index contributed by atoms with van der Waals surface area (Å²) in [6.45, 7) is 0.209. The number of aliphatic hydroxyl groups excluding tert-OH is 1. The minimum atomic E-state index is -0.0362. The highest BCUT2D eigenvalue weighted by Gasteiger charge is 2.13. The fraction of sp³-hybridized carbons (Fsp3) is 0.0909. The number of nitriles is 1. The topological polar surface area (TPSA) is 104 Å². The average Bonchev–Trinajstić information content (AvgIpc) is 2.78. The van der Waals surface area contributed by atoms with Gasteiger partial charge in [0.2, 0.25) is 5.95 Å². The monoisotopic (exact) mass is 461 g/mol. The molecule has 0 fully saturated rings. The van der Waals surface area contributed by atoms with E-state index in [0.29, 0.717) is 23.0 Å². The third-order valence-corrected chi connectivity index (χ3v) is 5.00. The van der Waals surface area contributed by atoms with Gasteiger partial charge < -0.3 is 15.2 Å². The van der Waals surface area contributed by atoms with Crippen LogP contribution in [0.2, 0.25) is 0 Å². The Hall–Kier alpha value is -3.54. The van der Waals surface area contributed by atoms with Crippen LogP contribution in [-0.4, -0.2) is 33.3 Å². The molecule has 7 nitrogen and oxygen atoms in total. The quantitative estimate of drug-likeness (QED) is 0.437. The molecule has 2 heterocycles. The van der Waals surface area contributed by atoms with Crippen LogP contribution < -0.4 is 10.1 Å². The van der Waals surface area contributed by atoms with Crippen LogP contribution in [0.15, 0.2) is 65.3 Å². The zero-order chi connectivity index (χ0) is 20.9. The molecular formula is C22H16BrN5O2. The van der Waals surface area contributed by atoms with Gasteiger partial charge >= 0.3 is 0 Å². The van der Waals surface area contributed by atoms with Crippen LogP contribution in [0, 0.1) is 11.3 Å². The highest BCUT2D eigenvalue weighted by atomic mass is 79.9. The lowest BCUT2D eigenvalue weighted by molar-refractivity contribution is 0.201. The number of aromatic nitrogens is 3. The summed E-state index contributed by atoms with van der Waals surface area (Å²) in [4.78, 5) is 13.3. The lowest BCUT2D eigenvalue weighted by Gasteiger charge is -2.10. The second-order valence-electron chi connectivity index (χ2n) is 6.30. The first-order valence-electron chi connectivity index (χ1n) is 9.11. The molecule has 0 saturated carbocycles. The molecule has 0 radical (unpaired) electrons. The number of nitrogens with zero attached hydrogens (tertiary/aromatic N) is 4. The van der Waals surface area contributed by atoms with Gasteiger partial charge in [-0.05, 0) is 42.0 Å². The van der Waals surface area contributed by atoms with Gasteiger partial charge in [-0.15, -0.1) is 0 Å². The van der Waals surface area contributed by atoms with Crippen LogP contribution in [0.3, 0.4) is 0 Å². The van der Waals surface area contributed by atoms with Gasteiger partial charge in [-0.1, -0.05) is 34.1 Å². The number of ether oxygens (including phenoxy) is 1. The van der Waals surface area contributed by atoms with Crippen molar-refractivity contribution in [1.82, 2.24) is 15.0 Å². The van der Waals surface area contributed by atoms with Crippen molar-refractivity contribution in [2.24, 2.45) is 0 Å². The average molecular weight is 462 g/mol. The van der Waals surface area contributed by atoms with E-state index in [1.807, 2.05) is 42.5 Å². The van der Waals surface area contributed by atoms with Crippen molar-refractivity contribution in [3.8, 4) is 22.9 Å². The molecule has 0 aliphatic carbocycles. The predicted molar refractivity (Wildman–Crippen MR) is 117 cm³/mol. The molecule has 30 heavy (non-hydrogen) atoms. The number of halogens is 1. The molecule has 0 atom stereocenters. The molecule has 8 heteroatoms. The van der Waals surface area contributed by atoms with E-state index in [2.05, 4.69) is 42.3 Å². The maximum absolute atomic E-state index is 9.61.